The SMILES string of the molecule is CCN(CC(=O)N1CCc2ccccc2C1C)C(=O)Nc1ccccc1OC. The van der Waals surface area contributed by atoms with Crippen LogP contribution < -0.4 is 10.1 Å². The van der Waals surface area contributed by atoms with Crippen LogP contribution in [0.4, 0.5) is 10.5 Å². The van der Waals surface area contributed by atoms with Crippen molar-refractivity contribution in [2.45, 2.75) is 26.3 Å². The van der Waals surface area contributed by atoms with Crippen molar-refractivity contribution < 1.29 is 14.3 Å². The summed E-state index contributed by atoms with van der Waals surface area (Å²) in [6.45, 7) is 5.06. The van der Waals surface area contributed by atoms with Gasteiger partial charge in [0.2, 0.25) is 5.91 Å². The van der Waals surface area contributed by atoms with Gasteiger partial charge < -0.3 is 19.9 Å². The van der Waals surface area contributed by atoms with Crippen LogP contribution in [0.1, 0.15) is 31.0 Å². The molecule has 3 amide bonds. The highest BCUT2D eigenvalue weighted by molar-refractivity contribution is 5.93. The van der Waals surface area contributed by atoms with Gasteiger partial charge in [-0.15, -0.1) is 0 Å². The molecule has 6 nitrogen and oxygen atoms in total. The highest BCUT2D eigenvalue weighted by atomic mass is 16.5. The number of rotatable bonds is 5. The Hall–Kier alpha value is -3.02. The lowest BCUT2D eigenvalue weighted by atomic mass is 9.93. The molecule has 1 unspecified atom stereocenters. The van der Waals surface area contributed by atoms with Gasteiger partial charge in [-0.1, -0.05) is 36.4 Å². The third-order valence-electron chi connectivity index (χ3n) is 5.26. The number of nitrogens with one attached hydrogen (secondary N) is 1. The van der Waals surface area contributed by atoms with Crippen molar-refractivity contribution in [3.05, 3.63) is 59.7 Å². The maximum Gasteiger partial charge on any atom is 0.322 e. The number of para-hydroxylation sites is 2. The van der Waals surface area contributed by atoms with E-state index in [2.05, 4.69) is 17.4 Å². The summed E-state index contributed by atoms with van der Waals surface area (Å²) in [5, 5.41) is 2.84. The topological polar surface area (TPSA) is 61.9 Å². The van der Waals surface area contributed by atoms with E-state index in [9.17, 15) is 9.59 Å². The van der Waals surface area contributed by atoms with E-state index in [-0.39, 0.29) is 24.5 Å². The molecule has 1 heterocycles. The first-order valence-electron chi connectivity index (χ1n) is 9.61. The summed E-state index contributed by atoms with van der Waals surface area (Å²) < 4.78 is 5.27. The molecule has 0 saturated heterocycles. The summed E-state index contributed by atoms with van der Waals surface area (Å²) in [4.78, 5) is 29.0. The molecule has 0 aromatic heterocycles. The number of methoxy groups -OCH3 is 1. The molecule has 0 fully saturated rings. The number of carbonyl (C=O) groups excluding carboxylic acids is 2. The standard InChI is InChI=1S/C22H27N3O3/c1-4-24(22(27)23-19-11-7-8-12-20(19)28-3)15-21(26)25-14-13-17-9-5-6-10-18(17)16(25)2/h5-12,16H,4,13-15H2,1-3H3,(H,23,27). The molecule has 1 N–H and O–H groups in total. The number of benzene rings is 2. The first-order valence-corrected chi connectivity index (χ1v) is 9.61. The van der Waals surface area contributed by atoms with Crippen molar-refractivity contribution in [2.75, 3.05) is 32.1 Å². The molecule has 1 aliphatic heterocycles. The number of hydrogen-bond donors (Lipinski definition) is 1. The summed E-state index contributed by atoms with van der Waals surface area (Å²) in [5.41, 5.74) is 3.06. The van der Waals surface area contributed by atoms with E-state index in [4.69, 9.17) is 4.74 Å². The van der Waals surface area contributed by atoms with Crippen LogP contribution in [0, 0.1) is 0 Å². The Labute approximate surface area is 166 Å². The van der Waals surface area contributed by atoms with Gasteiger partial charge in [0.15, 0.2) is 0 Å². The molecule has 28 heavy (non-hydrogen) atoms. The maximum absolute atomic E-state index is 12.9. The van der Waals surface area contributed by atoms with E-state index in [1.54, 1.807) is 19.2 Å². The smallest absolute Gasteiger partial charge is 0.322 e. The van der Waals surface area contributed by atoms with E-state index < -0.39 is 0 Å². The van der Waals surface area contributed by atoms with Crippen LogP contribution in [0.2, 0.25) is 0 Å². The van der Waals surface area contributed by atoms with E-state index in [1.807, 2.05) is 43.0 Å². The second kappa shape index (κ2) is 8.78. The van der Waals surface area contributed by atoms with E-state index in [1.165, 1.54) is 16.0 Å². The highest BCUT2D eigenvalue weighted by Crippen LogP contribution is 2.29. The molecule has 0 saturated carbocycles. The van der Waals surface area contributed by atoms with Gasteiger partial charge in [-0.2, -0.15) is 0 Å². The number of anilines is 1. The summed E-state index contributed by atoms with van der Waals surface area (Å²) in [6, 6.07) is 15.1. The van der Waals surface area contributed by atoms with Crippen LogP contribution in [0.15, 0.2) is 48.5 Å². The lowest BCUT2D eigenvalue weighted by Gasteiger charge is -2.36. The Morgan fingerprint density at radius 2 is 1.89 bits per heavy atom. The predicted molar refractivity (Wildman–Crippen MR) is 110 cm³/mol. The Kier molecular flexibility index (Phi) is 6.19. The van der Waals surface area contributed by atoms with Crippen LogP contribution in [0.5, 0.6) is 5.75 Å². The van der Waals surface area contributed by atoms with Crippen LogP contribution in [0.25, 0.3) is 0 Å². The van der Waals surface area contributed by atoms with E-state index >= 15 is 0 Å². The Bertz CT molecular complexity index is 852. The van der Waals surface area contributed by atoms with Crippen LogP contribution in [-0.4, -0.2) is 48.5 Å². The zero-order chi connectivity index (χ0) is 20.1. The third-order valence-corrected chi connectivity index (χ3v) is 5.26. The van der Waals surface area contributed by atoms with Crippen molar-refractivity contribution in [3.63, 3.8) is 0 Å². The van der Waals surface area contributed by atoms with Gasteiger partial charge in [-0.05, 0) is 43.5 Å². The van der Waals surface area contributed by atoms with Gasteiger partial charge in [0.25, 0.3) is 0 Å². The Balaban J connectivity index is 1.67. The molecule has 1 atom stereocenters. The number of ether oxygens (including phenoxy) is 1. The Morgan fingerprint density at radius 1 is 1.18 bits per heavy atom. The van der Waals surface area contributed by atoms with Crippen LogP contribution in [-0.2, 0) is 11.2 Å². The highest BCUT2D eigenvalue weighted by Gasteiger charge is 2.29. The maximum atomic E-state index is 12.9. The van der Waals surface area contributed by atoms with E-state index in [0.717, 1.165) is 6.42 Å². The van der Waals surface area contributed by atoms with Gasteiger partial charge in [0.05, 0.1) is 18.8 Å². The van der Waals surface area contributed by atoms with Gasteiger partial charge in [0.1, 0.15) is 12.3 Å². The average molecular weight is 381 g/mol. The first kappa shape index (κ1) is 19.7. The van der Waals surface area contributed by atoms with Crippen molar-refractivity contribution in [1.29, 1.82) is 0 Å². The zero-order valence-corrected chi connectivity index (χ0v) is 16.6. The van der Waals surface area contributed by atoms with Crippen molar-refractivity contribution in [2.24, 2.45) is 0 Å². The largest absolute Gasteiger partial charge is 0.495 e. The minimum absolute atomic E-state index is 0.00781. The average Bonchev–Trinajstić information content (AvgIpc) is 2.72. The van der Waals surface area contributed by atoms with E-state index in [0.29, 0.717) is 24.5 Å². The molecular formula is C22H27N3O3. The summed E-state index contributed by atoms with van der Waals surface area (Å²) in [5.74, 6) is 0.540. The number of carbonyl (C=O) groups is 2. The van der Waals surface area contributed by atoms with Gasteiger partial charge in [0, 0.05) is 13.1 Å². The molecule has 0 radical (unpaired) electrons. The van der Waals surface area contributed by atoms with Gasteiger partial charge in [-0.3, -0.25) is 4.79 Å². The third kappa shape index (κ3) is 4.11. The Morgan fingerprint density at radius 3 is 2.64 bits per heavy atom. The number of hydrogen-bond acceptors (Lipinski definition) is 3. The number of nitrogens with zero attached hydrogens (tertiary/aromatic N) is 2. The number of fused-ring (bicyclic) bond motifs is 1. The summed E-state index contributed by atoms with van der Waals surface area (Å²) in [7, 11) is 1.56. The molecule has 6 heteroatoms. The molecule has 2 aromatic rings. The molecule has 1 aliphatic rings. The monoisotopic (exact) mass is 381 g/mol. The number of urea groups is 1. The summed E-state index contributed by atoms with van der Waals surface area (Å²) >= 11 is 0. The minimum Gasteiger partial charge on any atom is -0.495 e. The van der Waals surface area contributed by atoms with Crippen molar-refractivity contribution in [3.8, 4) is 5.75 Å². The quantitative estimate of drug-likeness (QED) is 0.859. The minimum atomic E-state index is -0.314. The lowest BCUT2D eigenvalue weighted by Crippen LogP contribution is -2.47. The number of amides is 3. The predicted octanol–water partition coefficient (Wildman–Crippen LogP) is 3.69. The van der Waals surface area contributed by atoms with Crippen LogP contribution >= 0.6 is 0 Å². The number of likely N-dealkylation sites (N-methyl/N-ethyl adjacent to an activating group) is 1. The molecule has 148 valence electrons. The molecule has 3 rings (SSSR count). The first-order chi connectivity index (χ1) is 13.5. The lowest BCUT2D eigenvalue weighted by molar-refractivity contribution is -0.134. The molecule has 0 aliphatic carbocycles. The normalized spacial score (nSPS) is 15.5. The van der Waals surface area contributed by atoms with Crippen molar-refractivity contribution in [1.82, 2.24) is 9.80 Å². The molecular weight excluding hydrogens is 354 g/mol. The molecule has 0 spiro atoms. The van der Waals surface area contributed by atoms with Crippen LogP contribution in [0.3, 0.4) is 0 Å². The van der Waals surface area contributed by atoms with Gasteiger partial charge >= 0.3 is 6.03 Å². The summed E-state index contributed by atoms with van der Waals surface area (Å²) in [6.07, 6.45) is 0.839. The van der Waals surface area contributed by atoms with Gasteiger partial charge in [-0.25, -0.2) is 4.79 Å². The second-order valence-corrected chi connectivity index (χ2v) is 6.86. The fourth-order valence-electron chi connectivity index (χ4n) is 3.64. The van der Waals surface area contributed by atoms with Crippen molar-refractivity contribution >= 4 is 17.6 Å². The molecule has 0 bridgehead atoms. The fraction of sp³-hybridized carbons (Fsp3) is 0.364. The fourth-order valence-corrected chi connectivity index (χ4v) is 3.64. The zero-order valence-electron chi connectivity index (χ0n) is 16.6. The second-order valence-electron chi connectivity index (χ2n) is 6.86. The molecule has 2 aromatic carbocycles.